The van der Waals surface area contributed by atoms with E-state index in [0.29, 0.717) is 0 Å². The van der Waals surface area contributed by atoms with Crippen molar-refractivity contribution in [2.75, 3.05) is 0 Å². The molecule has 120 valence electrons. The number of hydrogen-bond acceptors (Lipinski definition) is 0. The maximum atomic E-state index is 2.32. The molecule has 2 heteroatoms. The summed E-state index contributed by atoms with van der Waals surface area (Å²) >= 11 is 0. The van der Waals surface area contributed by atoms with Gasteiger partial charge in [0.1, 0.15) is 0 Å². The molecule has 0 aliphatic rings. The first-order valence-electron chi connectivity index (χ1n) is 9.11. The molecule has 0 aromatic carbocycles. The molecule has 0 spiro atoms. The van der Waals surface area contributed by atoms with Crippen LogP contribution in [0.25, 0.3) is 0 Å². The van der Waals surface area contributed by atoms with Gasteiger partial charge in [0.15, 0.2) is 0 Å². The summed E-state index contributed by atoms with van der Waals surface area (Å²) in [7, 11) is -0.343. The highest BCUT2D eigenvalue weighted by Gasteiger charge is 1.98. The lowest BCUT2D eigenvalue weighted by Crippen LogP contribution is -2.04. The van der Waals surface area contributed by atoms with Gasteiger partial charge in [0.2, 0.25) is 0 Å². The van der Waals surface area contributed by atoms with E-state index in [2.05, 4.69) is 55.4 Å². The second-order valence-corrected chi connectivity index (χ2v) is 13.9. The summed E-state index contributed by atoms with van der Waals surface area (Å²) in [5.41, 5.74) is 0. The van der Waals surface area contributed by atoms with Crippen molar-refractivity contribution in [3.8, 4) is 0 Å². The maximum Gasteiger partial charge on any atom is 0.0359 e. The second kappa shape index (κ2) is 23.5. The fraction of sp³-hybridized carbons (Fsp3) is 1.00. The topological polar surface area (TPSA) is 0 Å². The largest absolute Gasteiger partial charge is 0.0680 e. The molecule has 0 fully saturated rings. The molecule has 0 bridgehead atoms. The lowest BCUT2D eigenvalue weighted by molar-refractivity contribution is 0.772. The van der Waals surface area contributed by atoms with Crippen LogP contribution < -0.4 is 0 Å². The van der Waals surface area contributed by atoms with Crippen molar-refractivity contribution < 1.29 is 0 Å². The van der Waals surface area contributed by atoms with E-state index in [1.165, 1.54) is 55.5 Å². The molecule has 0 rings (SSSR count). The van der Waals surface area contributed by atoms with Gasteiger partial charge in [0, 0.05) is 17.6 Å². The van der Waals surface area contributed by atoms with Crippen LogP contribution in [0.15, 0.2) is 0 Å². The van der Waals surface area contributed by atoms with Crippen LogP contribution in [0.4, 0.5) is 0 Å². The van der Waals surface area contributed by atoms with Crippen molar-refractivity contribution in [1.29, 1.82) is 0 Å². The summed E-state index contributed by atoms with van der Waals surface area (Å²) in [5.74, 6) is 0. The van der Waals surface area contributed by atoms with Gasteiger partial charge in [-0.3, -0.25) is 0 Å². The molecule has 0 aromatic rings. The van der Waals surface area contributed by atoms with Crippen LogP contribution in [-0.4, -0.2) is 17.6 Å². The average Bonchev–Trinajstić information content (AvgIpc) is 2.45. The molecule has 0 radical (unpaired) electrons. The Morgan fingerprint density at radius 3 is 0.632 bits per heavy atom. The Morgan fingerprint density at radius 2 is 0.632 bits per heavy atom. The first-order valence-corrected chi connectivity index (χ1v) is 14.0. The molecule has 0 atom stereocenters. The third-order valence-electron chi connectivity index (χ3n) is 4.17. The molecule has 0 aliphatic carbocycles. The zero-order valence-electron chi connectivity index (χ0n) is 15.5. The Balaban J connectivity index is -0.000000206. The summed E-state index contributed by atoms with van der Waals surface area (Å²) in [6.07, 6.45) is 4.08. The normalized spacial score (nSPS) is 9.79. The highest BCUT2D eigenvalue weighted by atomic mass is 28.3. The molecular weight excluding hydrogens is 260 g/mol. The van der Waals surface area contributed by atoms with Gasteiger partial charge in [-0.2, -0.15) is 0 Å². The summed E-state index contributed by atoms with van der Waals surface area (Å²) < 4.78 is 0. The highest BCUT2D eigenvalue weighted by Crippen LogP contribution is 2.02. The first kappa shape index (κ1) is 24.5. The smallest absolute Gasteiger partial charge is 0.0359 e. The summed E-state index contributed by atoms with van der Waals surface area (Å²) in [4.78, 5) is 0. The molecule has 0 N–H and O–H groups in total. The standard InChI is InChI=1S/2C6H16Si.C5H12/c2*1-4-7(5-2)6-3;1-3-5-4-2/h2*7H,4-6H2,1-3H3;3-5H2,1-2H3. The van der Waals surface area contributed by atoms with Crippen molar-refractivity contribution in [1.82, 2.24) is 0 Å². The molecule has 0 aliphatic heterocycles. The SMILES string of the molecule is CCCCC.CC[SiH](CC)CC.CC[SiH](CC)CC. The van der Waals surface area contributed by atoms with Crippen molar-refractivity contribution in [3.05, 3.63) is 0 Å². The van der Waals surface area contributed by atoms with Crippen LogP contribution in [0.3, 0.4) is 0 Å². The van der Waals surface area contributed by atoms with Crippen LogP contribution in [-0.2, 0) is 0 Å². The minimum absolute atomic E-state index is 0.171. The fourth-order valence-electron chi connectivity index (χ4n) is 2.09. The van der Waals surface area contributed by atoms with Crippen molar-refractivity contribution >= 4 is 17.6 Å². The molecule has 0 amide bonds. The predicted octanol–water partition coefficient (Wildman–Crippen LogP) is 6.74. The zero-order valence-corrected chi connectivity index (χ0v) is 17.8. The number of hydrogen-bond donors (Lipinski definition) is 0. The third kappa shape index (κ3) is 23.9. The summed E-state index contributed by atoms with van der Waals surface area (Å²) in [5, 5.41) is 0. The predicted molar refractivity (Wildman–Crippen MR) is 102 cm³/mol. The molecule has 0 saturated heterocycles. The van der Waals surface area contributed by atoms with E-state index >= 15 is 0 Å². The van der Waals surface area contributed by atoms with Gasteiger partial charge in [0.25, 0.3) is 0 Å². The average molecular weight is 305 g/mol. The third-order valence-corrected chi connectivity index (χ3v) is 11.1. The van der Waals surface area contributed by atoms with Gasteiger partial charge in [-0.1, -0.05) is 111 Å². The molecule has 0 nitrogen and oxygen atoms in total. The van der Waals surface area contributed by atoms with Crippen LogP contribution >= 0.6 is 0 Å². The summed E-state index contributed by atoms with van der Waals surface area (Å²) in [6, 6.07) is 8.96. The molecule has 0 aromatic heterocycles. The molecular formula is C17H44Si2. The van der Waals surface area contributed by atoms with Crippen molar-refractivity contribution in [2.24, 2.45) is 0 Å². The van der Waals surface area contributed by atoms with Crippen LogP contribution in [0.2, 0.25) is 36.3 Å². The lowest BCUT2D eigenvalue weighted by Gasteiger charge is -2.03. The lowest BCUT2D eigenvalue weighted by atomic mass is 10.3. The Kier molecular flexibility index (Phi) is 30.3. The van der Waals surface area contributed by atoms with Crippen LogP contribution in [0, 0.1) is 0 Å². The fourth-order valence-corrected chi connectivity index (χ4v) is 5.55. The van der Waals surface area contributed by atoms with Gasteiger partial charge in [0.05, 0.1) is 0 Å². The van der Waals surface area contributed by atoms with Gasteiger partial charge in [-0.15, -0.1) is 0 Å². The maximum absolute atomic E-state index is 2.32. The molecule has 0 unspecified atom stereocenters. The Hall–Kier alpha value is 0.434. The van der Waals surface area contributed by atoms with Crippen LogP contribution in [0.1, 0.15) is 74.7 Å². The minimum atomic E-state index is -0.171. The second-order valence-electron chi connectivity index (χ2n) is 5.54. The Labute approximate surface area is 129 Å². The van der Waals surface area contributed by atoms with Gasteiger partial charge in [-0.25, -0.2) is 0 Å². The zero-order chi connectivity index (χ0) is 15.5. The van der Waals surface area contributed by atoms with Crippen molar-refractivity contribution in [3.63, 3.8) is 0 Å². The van der Waals surface area contributed by atoms with E-state index < -0.39 is 0 Å². The van der Waals surface area contributed by atoms with E-state index in [0.717, 1.165) is 0 Å². The van der Waals surface area contributed by atoms with Gasteiger partial charge in [-0.05, 0) is 0 Å². The molecule has 0 heterocycles. The minimum Gasteiger partial charge on any atom is -0.0680 e. The van der Waals surface area contributed by atoms with Gasteiger partial charge >= 0.3 is 0 Å². The van der Waals surface area contributed by atoms with E-state index in [-0.39, 0.29) is 17.6 Å². The number of rotatable bonds is 8. The quantitative estimate of drug-likeness (QED) is 0.435. The van der Waals surface area contributed by atoms with E-state index in [9.17, 15) is 0 Å². The van der Waals surface area contributed by atoms with E-state index in [4.69, 9.17) is 0 Å². The van der Waals surface area contributed by atoms with Gasteiger partial charge < -0.3 is 0 Å². The molecule has 19 heavy (non-hydrogen) atoms. The highest BCUT2D eigenvalue weighted by molar-refractivity contribution is 6.58. The summed E-state index contributed by atoms with van der Waals surface area (Å²) in [6.45, 7) is 18.4. The van der Waals surface area contributed by atoms with Crippen LogP contribution in [0.5, 0.6) is 0 Å². The Morgan fingerprint density at radius 1 is 0.421 bits per heavy atom. The first-order chi connectivity index (χ1) is 9.11. The Bertz CT molecular complexity index is 93.4. The van der Waals surface area contributed by atoms with E-state index in [1.807, 2.05) is 0 Å². The van der Waals surface area contributed by atoms with E-state index in [1.54, 1.807) is 0 Å². The number of unbranched alkanes of at least 4 members (excludes halogenated alkanes) is 2. The monoisotopic (exact) mass is 304 g/mol. The molecule has 0 saturated carbocycles. The van der Waals surface area contributed by atoms with Crippen molar-refractivity contribution in [2.45, 2.75) is 111 Å².